The van der Waals surface area contributed by atoms with E-state index in [1.165, 1.54) is 6.07 Å². The Morgan fingerprint density at radius 3 is 3.00 bits per heavy atom. The highest BCUT2D eigenvalue weighted by Crippen LogP contribution is 2.31. The first kappa shape index (κ1) is 20.9. The average Bonchev–Trinajstić information content (AvgIpc) is 3.51. The van der Waals surface area contributed by atoms with E-state index in [2.05, 4.69) is 25.6 Å². The summed E-state index contributed by atoms with van der Waals surface area (Å²) in [6, 6.07) is 10.8. The molecule has 7 nitrogen and oxygen atoms in total. The summed E-state index contributed by atoms with van der Waals surface area (Å²) in [5, 5.41) is 8.70. The van der Waals surface area contributed by atoms with Crippen LogP contribution in [0.4, 0.5) is 10.3 Å². The molecule has 6 rings (SSSR count). The van der Waals surface area contributed by atoms with Crippen molar-refractivity contribution in [2.45, 2.75) is 12.6 Å². The Morgan fingerprint density at radius 1 is 1.24 bits per heavy atom. The number of fused-ring (bicyclic) bond motifs is 3. The standard InChI is InChI=1S/C24H17Cl2FN6O/c25-15-4-13-3-12(1-2-19(13)28-8-15)22-10-31-24-32-21(11-33(22)24)23(34)30-7-14-5-16-17(26)9-29-20(16)6-18(14)27/h1-6,8-9,11,22,29H,7,10H2,(H,30,34)(H,31,32). The van der Waals surface area contributed by atoms with Crippen molar-refractivity contribution in [3.8, 4) is 0 Å². The molecule has 34 heavy (non-hydrogen) atoms. The number of anilines is 1. The van der Waals surface area contributed by atoms with E-state index in [-0.39, 0.29) is 18.3 Å². The molecule has 0 aliphatic carbocycles. The number of imidazole rings is 1. The summed E-state index contributed by atoms with van der Waals surface area (Å²) in [5.74, 6) is -0.214. The predicted octanol–water partition coefficient (Wildman–Crippen LogP) is 5.30. The number of amides is 1. The Bertz CT molecular complexity index is 1590. The SMILES string of the molecule is O=C(NCc1cc2c(Cl)c[nH]c2cc1F)c1cn2c(n1)NCC2c1ccc2ncc(Cl)cc2c1. The van der Waals surface area contributed by atoms with Crippen LogP contribution in [0, 0.1) is 5.82 Å². The second-order valence-electron chi connectivity index (χ2n) is 8.17. The van der Waals surface area contributed by atoms with Crippen LogP contribution in [0.5, 0.6) is 0 Å². The Kier molecular flexibility index (Phi) is 4.93. The Labute approximate surface area is 202 Å². The molecule has 170 valence electrons. The van der Waals surface area contributed by atoms with Crippen LogP contribution in [0.3, 0.4) is 0 Å². The van der Waals surface area contributed by atoms with E-state index in [9.17, 15) is 9.18 Å². The number of nitrogens with one attached hydrogen (secondary N) is 3. The molecule has 1 unspecified atom stereocenters. The molecule has 1 aliphatic heterocycles. The number of hydrogen-bond donors (Lipinski definition) is 3. The van der Waals surface area contributed by atoms with Crippen LogP contribution in [-0.2, 0) is 6.54 Å². The molecule has 1 atom stereocenters. The highest BCUT2D eigenvalue weighted by atomic mass is 35.5. The molecule has 0 radical (unpaired) electrons. The van der Waals surface area contributed by atoms with Crippen LogP contribution in [0.25, 0.3) is 21.8 Å². The lowest BCUT2D eigenvalue weighted by Gasteiger charge is -2.13. The summed E-state index contributed by atoms with van der Waals surface area (Å²) < 4.78 is 16.4. The monoisotopic (exact) mass is 494 g/mol. The topological polar surface area (TPSA) is 87.6 Å². The van der Waals surface area contributed by atoms with Gasteiger partial charge >= 0.3 is 0 Å². The molecule has 1 aliphatic rings. The van der Waals surface area contributed by atoms with Gasteiger partial charge in [0, 0.05) is 53.5 Å². The molecule has 10 heteroatoms. The van der Waals surface area contributed by atoms with Crippen molar-refractivity contribution in [1.82, 2.24) is 24.8 Å². The molecule has 0 spiro atoms. The summed E-state index contributed by atoms with van der Waals surface area (Å²) in [6.07, 6.45) is 4.93. The van der Waals surface area contributed by atoms with Gasteiger partial charge in [0.05, 0.1) is 21.6 Å². The third-order valence-electron chi connectivity index (χ3n) is 6.05. The highest BCUT2D eigenvalue weighted by molar-refractivity contribution is 6.35. The van der Waals surface area contributed by atoms with Gasteiger partial charge in [-0.1, -0.05) is 29.3 Å². The van der Waals surface area contributed by atoms with Crippen molar-refractivity contribution >= 4 is 56.9 Å². The lowest BCUT2D eigenvalue weighted by molar-refractivity contribution is 0.0946. The van der Waals surface area contributed by atoms with Crippen molar-refractivity contribution in [2.75, 3.05) is 11.9 Å². The van der Waals surface area contributed by atoms with Crippen LogP contribution in [-0.4, -0.2) is 32.0 Å². The zero-order valence-corrected chi connectivity index (χ0v) is 19.1. The summed E-state index contributed by atoms with van der Waals surface area (Å²) in [5.41, 5.74) is 3.10. The Balaban J connectivity index is 1.22. The van der Waals surface area contributed by atoms with Crippen LogP contribution >= 0.6 is 23.2 Å². The van der Waals surface area contributed by atoms with Crippen LogP contribution in [0.1, 0.15) is 27.7 Å². The van der Waals surface area contributed by atoms with Gasteiger partial charge in [-0.15, -0.1) is 0 Å². The molecule has 4 heterocycles. The molecule has 0 saturated heterocycles. The molecule has 0 fully saturated rings. The first-order chi connectivity index (χ1) is 16.5. The maximum Gasteiger partial charge on any atom is 0.271 e. The molecule has 0 saturated carbocycles. The third kappa shape index (κ3) is 3.55. The fourth-order valence-corrected chi connectivity index (χ4v) is 4.70. The van der Waals surface area contributed by atoms with Gasteiger partial charge in [0.25, 0.3) is 5.91 Å². The Hall–Kier alpha value is -3.62. The minimum Gasteiger partial charge on any atom is -0.360 e. The molecular weight excluding hydrogens is 478 g/mol. The molecule has 1 amide bonds. The van der Waals surface area contributed by atoms with E-state index in [0.717, 1.165) is 16.5 Å². The summed E-state index contributed by atoms with van der Waals surface area (Å²) in [7, 11) is 0. The number of nitrogens with zero attached hydrogens (tertiary/aromatic N) is 3. The number of rotatable bonds is 4. The molecule has 2 aromatic carbocycles. The number of carbonyl (C=O) groups is 1. The predicted molar refractivity (Wildman–Crippen MR) is 130 cm³/mol. The summed E-state index contributed by atoms with van der Waals surface area (Å²) in [6.45, 7) is 0.659. The van der Waals surface area contributed by atoms with E-state index in [1.54, 1.807) is 24.7 Å². The first-order valence-electron chi connectivity index (χ1n) is 10.6. The fourth-order valence-electron chi connectivity index (χ4n) is 4.32. The molecule has 3 N–H and O–H groups in total. The number of aromatic nitrogens is 4. The molecule has 5 aromatic rings. The van der Waals surface area contributed by atoms with Crippen molar-refractivity contribution in [3.05, 3.63) is 87.7 Å². The summed E-state index contributed by atoms with van der Waals surface area (Å²) >= 11 is 12.2. The summed E-state index contributed by atoms with van der Waals surface area (Å²) in [4.78, 5) is 24.4. The normalized spacial score (nSPS) is 15.0. The van der Waals surface area contributed by atoms with Gasteiger partial charge in [-0.05, 0) is 35.9 Å². The van der Waals surface area contributed by atoms with Gasteiger partial charge in [0.2, 0.25) is 5.95 Å². The maximum atomic E-state index is 14.4. The largest absolute Gasteiger partial charge is 0.360 e. The first-order valence-corrected chi connectivity index (χ1v) is 11.3. The second-order valence-corrected chi connectivity index (χ2v) is 9.01. The van der Waals surface area contributed by atoms with Crippen molar-refractivity contribution in [1.29, 1.82) is 0 Å². The van der Waals surface area contributed by atoms with Crippen molar-refractivity contribution < 1.29 is 9.18 Å². The molecular formula is C24H17Cl2FN6O. The van der Waals surface area contributed by atoms with Crippen LogP contribution in [0.15, 0.2) is 55.0 Å². The third-order valence-corrected chi connectivity index (χ3v) is 6.57. The van der Waals surface area contributed by atoms with E-state index in [1.807, 2.05) is 28.8 Å². The smallest absolute Gasteiger partial charge is 0.271 e. The number of hydrogen-bond acceptors (Lipinski definition) is 4. The number of halogens is 3. The average molecular weight is 495 g/mol. The highest BCUT2D eigenvalue weighted by Gasteiger charge is 2.27. The number of benzene rings is 2. The number of H-pyrrole nitrogens is 1. The van der Waals surface area contributed by atoms with Gasteiger partial charge in [-0.25, -0.2) is 9.37 Å². The minimum atomic E-state index is -0.425. The van der Waals surface area contributed by atoms with E-state index < -0.39 is 11.7 Å². The zero-order chi connectivity index (χ0) is 23.4. The quantitative estimate of drug-likeness (QED) is 0.316. The van der Waals surface area contributed by atoms with Crippen molar-refractivity contribution in [3.63, 3.8) is 0 Å². The minimum absolute atomic E-state index is 0.0135. The number of carbonyl (C=O) groups excluding carboxylic acids is 1. The van der Waals surface area contributed by atoms with Crippen LogP contribution in [0.2, 0.25) is 10.0 Å². The fraction of sp³-hybridized carbons (Fsp3) is 0.125. The zero-order valence-electron chi connectivity index (χ0n) is 17.6. The molecule has 3 aromatic heterocycles. The molecule has 0 bridgehead atoms. The Morgan fingerprint density at radius 2 is 2.12 bits per heavy atom. The van der Waals surface area contributed by atoms with Crippen molar-refractivity contribution in [2.24, 2.45) is 0 Å². The van der Waals surface area contributed by atoms with E-state index in [4.69, 9.17) is 23.2 Å². The second kappa shape index (κ2) is 8.00. The maximum absolute atomic E-state index is 14.4. The van der Waals surface area contributed by atoms with E-state index in [0.29, 0.717) is 39.0 Å². The van der Waals surface area contributed by atoms with Gasteiger partial charge in [-0.3, -0.25) is 9.78 Å². The van der Waals surface area contributed by atoms with E-state index >= 15 is 0 Å². The van der Waals surface area contributed by atoms with Crippen LogP contribution < -0.4 is 10.6 Å². The number of pyridine rings is 1. The lowest BCUT2D eigenvalue weighted by Crippen LogP contribution is -2.24. The van der Waals surface area contributed by atoms with Gasteiger partial charge in [0.1, 0.15) is 11.5 Å². The van der Waals surface area contributed by atoms with Gasteiger partial charge < -0.3 is 20.2 Å². The lowest BCUT2D eigenvalue weighted by atomic mass is 10.0. The van der Waals surface area contributed by atoms with Gasteiger partial charge in [0.15, 0.2) is 0 Å². The van der Waals surface area contributed by atoms with Gasteiger partial charge in [-0.2, -0.15) is 0 Å². The number of aromatic amines is 1.